The van der Waals surface area contributed by atoms with Gasteiger partial charge in [-0.1, -0.05) is 30.4 Å². The molecule has 0 saturated heterocycles. The number of benzene rings is 1. The minimum atomic E-state index is 0.457. The van der Waals surface area contributed by atoms with Crippen molar-refractivity contribution >= 4 is 16.9 Å². The van der Waals surface area contributed by atoms with E-state index in [0.29, 0.717) is 12.6 Å². The van der Waals surface area contributed by atoms with E-state index >= 15 is 0 Å². The summed E-state index contributed by atoms with van der Waals surface area (Å²) in [6.07, 6.45) is 6.55. The van der Waals surface area contributed by atoms with Gasteiger partial charge in [-0.25, -0.2) is 4.99 Å². The third-order valence-electron chi connectivity index (χ3n) is 3.56. The molecule has 1 aliphatic rings. The SMILES string of the molecule is CCNC(=NCc1cc2ccccc2o1)NC1CC=CC1. The van der Waals surface area contributed by atoms with Crippen molar-refractivity contribution in [1.29, 1.82) is 0 Å². The van der Waals surface area contributed by atoms with Crippen LogP contribution >= 0.6 is 0 Å². The Morgan fingerprint density at radius 2 is 2.10 bits per heavy atom. The van der Waals surface area contributed by atoms with Gasteiger partial charge in [-0.05, 0) is 31.9 Å². The van der Waals surface area contributed by atoms with E-state index in [1.54, 1.807) is 0 Å². The first-order valence-corrected chi connectivity index (χ1v) is 7.52. The van der Waals surface area contributed by atoms with Gasteiger partial charge in [0.25, 0.3) is 0 Å². The molecule has 1 heterocycles. The molecular weight excluding hydrogens is 262 g/mol. The summed E-state index contributed by atoms with van der Waals surface area (Å²) < 4.78 is 5.79. The molecule has 0 radical (unpaired) electrons. The van der Waals surface area contributed by atoms with Gasteiger partial charge >= 0.3 is 0 Å². The van der Waals surface area contributed by atoms with E-state index < -0.39 is 0 Å². The van der Waals surface area contributed by atoms with E-state index in [2.05, 4.69) is 46.8 Å². The molecule has 0 amide bonds. The Bertz CT molecular complexity index is 616. The van der Waals surface area contributed by atoms with E-state index in [1.165, 1.54) is 0 Å². The molecule has 4 heteroatoms. The van der Waals surface area contributed by atoms with E-state index in [1.807, 2.05) is 18.2 Å². The maximum Gasteiger partial charge on any atom is 0.191 e. The van der Waals surface area contributed by atoms with Crippen molar-refractivity contribution in [2.75, 3.05) is 6.54 Å². The second kappa shape index (κ2) is 6.48. The number of fused-ring (bicyclic) bond motifs is 1. The fourth-order valence-electron chi connectivity index (χ4n) is 2.52. The predicted octanol–water partition coefficient (Wildman–Crippen LogP) is 3.21. The lowest BCUT2D eigenvalue weighted by Gasteiger charge is -2.16. The normalized spacial score (nSPS) is 15.8. The number of aliphatic imine (C=N–C) groups is 1. The highest BCUT2D eigenvalue weighted by atomic mass is 16.3. The maximum absolute atomic E-state index is 5.79. The van der Waals surface area contributed by atoms with Gasteiger partial charge in [-0.2, -0.15) is 0 Å². The van der Waals surface area contributed by atoms with Crippen LogP contribution in [-0.2, 0) is 6.54 Å². The zero-order valence-corrected chi connectivity index (χ0v) is 12.3. The molecule has 3 rings (SSSR count). The largest absolute Gasteiger partial charge is 0.459 e. The van der Waals surface area contributed by atoms with Gasteiger partial charge in [-0.3, -0.25) is 0 Å². The average Bonchev–Trinajstić information content (AvgIpc) is 3.13. The summed E-state index contributed by atoms with van der Waals surface area (Å²) in [4.78, 5) is 4.62. The second-order valence-electron chi connectivity index (χ2n) is 5.23. The molecule has 1 aromatic heterocycles. The van der Waals surface area contributed by atoms with Crippen molar-refractivity contribution in [2.24, 2.45) is 4.99 Å². The molecule has 0 fully saturated rings. The van der Waals surface area contributed by atoms with Gasteiger partial charge in [0.15, 0.2) is 5.96 Å². The van der Waals surface area contributed by atoms with Gasteiger partial charge in [0.05, 0.1) is 0 Å². The van der Waals surface area contributed by atoms with Crippen molar-refractivity contribution < 1.29 is 4.42 Å². The standard InChI is InChI=1S/C17H21N3O/c1-2-18-17(20-14-8-4-5-9-14)19-12-15-11-13-7-3-6-10-16(13)21-15/h3-7,10-11,14H,2,8-9,12H2,1H3,(H2,18,19,20). The molecule has 0 saturated carbocycles. The summed E-state index contributed by atoms with van der Waals surface area (Å²) in [7, 11) is 0. The fourth-order valence-corrected chi connectivity index (χ4v) is 2.52. The van der Waals surface area contributed by atoms with Crippen LogP contribution < -0.4 is 10.6 Å². The van der Waals surface area contributed by atoms with Crippen LogP contribution in [0.4, 0.5) is 0 Å². The Balaban J connectivity index is 1.68. The highest BCUT2D eigenvalue weighted by Gasteiger charge is 2.11. The monoisotopic (exact) mass is 283 g/mol. The molecule has 0 spiro atoms. The van der Waals surface area contributed by atoms with Crippen molar-refractivity contribution in [3.05, 3.63) is 48.2 Å². The number of para-hydroxylation sites is 1. The summed E-state index contributed by atoms with van der Waals surface area (Å²) in [5.41, 5.74) is 0.917. The molecule has 2 N–H and O–H groups in total. The topological polar surface area (TPSA) is 49.6 Å². The van der Waals surface area contributed by atoms with Crippen LogP contribution in [0.3, 0.4) is 0 Å². The summed E-state index contributed by atoms with van der Waals surface area (Å²) >= 11 is 0. The van der Waals surface area contributed by atoms with Crippen molar-refractivity contribution in [1.82, 2.24) is 10.6 Å². The Labute approximate surface area is 124 Å². The van der Waals surface area contributed by atoms with Gasteiger partial charge < -0.3 is 15.1 Å². The van der Waals surface area contributed by atoms with E-state index in [0.717, 1.165) is 42.1 Å². The van der Waals surface area contributed by atoms with Gasteiger partial charge in [0, 0.05) is 18.0 Å². The van der Waals surface area contributed by atoms with Gasteiger partial charge in [0.2, 0.25) is 0 Å². The van der Waals surface area contributed by atoms with E-state index in [4.69, 9.17) is 4.42 Å². The number of nitrogens with zero attached hydrogens (tertiary/aromatic N) is 1. The van der Waals surface area contributed by atoms with Crippen molar-refractivity contribution in [3.63, 3.8) is 0 Å². The number of furan rings is 1. The van der Waals surface area contributed by atoms with Crippen LogP contribution in [0.15, 0.2) is 51.9 Å². The van der Waals surface area contributed by atoms with Crippen LogP contribution in [-0.4, -0.2) is 18.5 Å². The van der Waals surface area contributed by atoms with Gasteiger partial charge in [0.1, 0.15) is 17.9 Å². The molecule has 1 aliphatic carbocycles. The lowest BCUT2D eigenvalue weighted by Crippen LogP contribution is -2.42. The second-order valence-corrected chi connectivity index (χ2v) is 5.23. The van der Waals surface area contributed by atoms with Crippen LogP contribution in [0.1, 0.15) is 25.5 Å². The zero-order valence-electron chi connectivity index (χ0n) is 12.3. The highest BCUT2D eigenvalue weighted by Crippen LogP contribution is 2.19. The number of rotatable bonds is 4. The molecule has 1 aromatic carbocycles. The molecule has 0 unspecified atom stereocenters. The lowest BCUT2D eigenvalue weighted by atomic mass is 10.2. The van der Waals surface area contributed by atoms with E-state index in [9.17, 15) is 0 Å². The molecule has 21 heavy (non-hydrogen) atoms. The first kappa shape index (κ1) is 13.7. The number of hydrogen-bond donors (Lipinski definition) is 2. The quantitative estimate of drug-likeness (QED) is 0.514. The van der Waals surface area contributed by atoms with Crippen LogP contribution in [0.5, 0.6) is 0 Å². The maximum atomic E-state index is 5.79. The first-order valence-electron chi connectivity index (χ1n) is 7.52. The molecule has 110 valence electrons. The number of nitrogens with one attached hydrogen (secondary N) is 2. The Morgan fingerprint density at radius 1 is 1.29 bits per heavy atom. The third-order valence-corrected chi connectivity index (χ3v) is 3.56. The fraction of sp³-hybridized carbons (Fsp3) is 0.353. The van der Waals surface area contributed by atoms with Gasteiger partial charge in [-0.15, -0.1) is 0 Å². The number of guanidine groups is 1. The Kier molecular flexibility index (Phi) is 4.24. The van der Waals surface area contributed by atoms with Crippen molar-refractivity contribution in [2.45, 2.75) is 32.4 Å². The minimum Gasteiger partial charge on any atom is -0.459 e. The van der Waals surface area contributed by atoms with E-state index in [-0.39, 0.29) is 0 Å². The predicted molar refractivity (Wildman–Crippen MR) is 86.3 cm³/mol. The van der Waals surface area contributed by atoms with Crippen LogP contribution in [0.25, 0.3) is 11.0 Å². The lowest BCUT2D eigenvalue weighted by molar-refractivity contribution is 0.550. The smallest absolute Gasteiger partial charge is 0.191 e. The molecular formula is C17H21N3O. The molecule has 4 nitrogen and oxygen atoms in total. The van der Waals surface area contributed by atoms with Crippen LogP contribution in [0.2, 0.25) is 0 Å². The molecule has 0 atom stereocenters. The van der Waals surface area contributed by atoms with Crippen LogP contribution in [0, 0.1) is 0 Å². The highest BCUT2D eigenvalue weighted by molar-refractivity contribution is 5.80. The summed E-state index contributed by atoms with van der Waals surface area (Å²) in [5.74, 6) is 1.74. The average molecular weight is 283 g/mol. The number of hydrogen-bond acceptors (Lipinski definition) is 2. The molecule has 2 aromatic rings. The zero-order chi connectivity index (χ0) is 14.5. The summed E-state index contributed by atoms with van der Waals surface area (Å²) in [6, 6.07) is 10.6. The Hall–Kier alpha value is -2.23. The minimum absolute atomic E-state index is 0.457. The summed E-state index contributed by atoms with van der Waals surface area (Å²) in [6.45, 7) is 3.47. The Morgan fingerprint density at radius 3 is 2.86 bits per heavy atom. The summed E-state index contributed by atoms with van der Waals surface area (Å²) in [5, 5.41) is 7.86. The third kappa shape index (κ3) is 3.45. The molecule has 0 bridgehead atoms. The first-order chi connectivity index (χ1) is 10.3. The van der Waals surface area contributed by atoms with Crippen molar-refractivity contribution in [3.8, 4) is 0 Å². The molecule has 0 aliphatic heterocycles.